The molecule has 4 rings (SSSR count). The van der Waals surface area contributed by atoms with E-state index in [0.717, 1.165) is 11.3 Å². The minimum Gasteiger partial charge on any atom is -0.496 e. The molecule has 0 aliphatic heterocycles. The quantitative estimate of drug-likeness (QED) is 0.510. The number of carbonyl (C=O) groups is 1. The average molecular weight is 404 g/mol. The Morgan fingerprint density at radius 2 is 1.80 bits per heavy atom. The molecule has 2 heterocycles. The van der Waals surface area contributed by atoms with Crippen molar-refractivity contribution >= 4 is 5.91 Å². The number of nitrogens with zero attached hydrogens (tertiary/aromatic N) is 3. The monoisotopic (exact) mass is 404 g/mol. The highest BCUT2D eigenvalue weighted by molar-refractivity contribution is 5.97. The van der Waals surface area contributed by atoms with Crippen LogP contribution in [0.15, 0.2) is 79.3 Å². The second kappa shape index (κ2) is 8.65. The molecule has 1 N–H and O–H groups in total. The highest BCUT2D eigenvalue weighted by atomic mass is 19.1. The van der Waals surface area contributed by atoms with Gasteiger partial charge in [-0.2, -0.15) is 5.10 Å². The molecule has 0 aliphatic rings. The first-order chi connectivity index (χ1) is 14.7. The van der Waals surface area contributed by atoms with Crippen molar-refractivity contribution in [3.63, 3.8) is 0 Å². The van der Waals surface area contributed by atoms with Crippen molar-refractivity contribution in [3.05, 3.63) is 96.2 Å². The third-order valence-corrected chi connectivity index (χ3v) is 4.79. The molecule has 0 saturated heterocycles. The fourth-order valence-electron chi connectivity index (χ4n) is 3.34. The maximum Gasteiger partial charge on any atom is 0.256 e. The van der Waals surface area contributed by atoms with Crippen LogP contribution in [-0.4, -0.2) is 33.9 Å². The molecule has 1 amide bonds. The molecule has 152 valence electrons. The van der Waals surface area contributed by atoms with E-state index >= 15 is 0 Å². The number of benzene rings is 2. The number of carbonyl (C=O) groups excluding carboxylic acids is 1. The summed E-state index contributed by atoms with van der Waals surface area (Å²) in [6.45, 7) is 0.426. The average Bonchev–Trinajstić information content (AvgIpc) is 3.44. The van der Waals surface area contributed by atoms with Crippen LogP contribution in [0.2, 0.25) is 0 Å². The van der Waals surface area contributed by atoms with Crippen molar-refractivity contribution in [2.24, 2.45) is 0 Å². The zero-order chi connectivity index (χ0) is 20.9. The van der Waals surface area contributed by atoms with Gasteiger partial charge in [-0.3, -0.25) is 4.79 Å². The summed E-state index contributed by atoms with van der Waals surface area (Å²) in [6, 6.07) is 17.7. The molecule has 0 aliphatic carbocycles. The Morgan fingerprint density at radius 3 is 2.57 bits per heavy atom. The Labute approximate surface area is 173 Å². The molecule has 0 radical (unpaired) electrons. The summed E-state index contributed by atoms with van der Waals surface area (Å²) >= 11 is 0. The van der Waals surface area contributed by atoms with E-state index < -0.39 is 5.82 Å². The topological polar surface area (TPSA) is 61.1 Å². The number of amides is 1. The van der Waals surface area contributed by atoms with E-state index in [2.05, 4.69) is 10.4 Å². The van der Waals surface area contributed by atoms with Gasteiger partial charge in [0.1, 0.15) is 22.8 Å². The van der Waals surface area contributed by atoms with E-state index in [9.17, 15) is 9.18 Å². The lowest BCUT2D eigenvalue weighted by Crippen LogP contribution is -2.26. The summed E-state index contributed by atoms with van der Waals surface area (Å²) in [6.07, 6.45) is 5.66. The van der Waals surface area contributed by atoms with Crippen LogP contribution in [-0.2, 0) is 6.42 Å². The van der Waals surface area contributed by atoms with Gasteiger partial charge < -0.3 is 14.6 Å². The Hall–Kier alpha value is -3.87. The predicted molar refractivity (Wildman–Crippen MR) is 112 cm³/mol. The molecular formula is C23H21FN4O2. The van der Waals surface area contributed by atoms with Gasteiger partial charge in [-0.05, 0) is 42.3 Å². The number of para-hydroxylation sites is 2. The summed E-state index contributed by atoms with van der Waals surface area (Å²) < 4.78 is 22.9. The van der Waals surface area contributed by atoms with Gasteiger partial charge >= 0.3 is 0 Å². The molecule has 0 unspecified atom stereocenters. The smallest absolute Gasteiger partial charge is 0.256 e. The predicted octanol–water partition coefficient (Wildman–Crippen LogP) is 3.78. The number of rotatable bonds is 7. The first kappa shape index (κ1) is 19.4. The van der Waals surface area contributed by atoms with Gasteiger partial charge in [-0.1, -0.05) is 30.3 Å². The number of hydrogen-bond donors (Lipinski definition) is 1. The first-order valence-electron chi connectivity index (χ1n) is 9.55. The zero-order valence-corrected chi connectivity index (χ0v) is 16.5. The molecule has 30 heavy (non-hydrogen) atoms. The molecule has 4 aromatic rings. The zero-order valence-electron chi connectivity index (χ0n) is 16.5. The fourth-order valence-corrected chi connectivity index (χ4v) is 3.34. The van der Waals surface area contributed by atoms with Crippen molar-refractivity contribution in [1.82, 2.24) is 19.7 Å². The molecule has 0 fully saturated rings. The van der Waals surface area contributed by atoms with Crippen LogP contribution >= 0.6 is 0 Å². The van der Waals surface area contributed by atoms with Crippen LogP contribution in [0.25, 0.3) is 11.5 Å². The molecule has 2 aromatic carbocycles. The Kier molecular flexibility index (Phi) is 5.61. The van der Waals surface area contributed by atoms with E-state index in [4.69, 9.17) is 4.74 Å². The molecule has 0 saturated carbocycles. The molecule has 0 bridgehead atoms. The van der Waals surface area contributed by atoms with E-state index in [1.165, 1.54) is 16.9 Å². The molecule has 0 spiro atoms. The van der Waals surface area contributed by atoms with Crippen molar-refractivity contribution in [3.8, 4) is 17.3 Å². The Bertz CT molecular complexity index is 1150. The number of hydrogen-bond acceptors (Lipinski definition) is 3. The van der Waals surface area contributed by atoms with E-state index in [-0.39, 0.29) is 11.6 Å². The van der Waals surface area contributed by atoms with E-state index in [1.807, 2.05) is 36.4 Å². The van der Waals surface area contributed by atoms with Gasteiger partial charge in [0.25, 0.3) is 5.91 Å². The standard InChI is InChI=1S/C23H21FN4O2/c1-30-21-11-5-2-8-17(21)12-13-25-22(29)18-16-26-28(20-10-4-3-9-19(20)24)23(18)27-14-6-7-15-27/h2-11,14-16H,12-13H2,1H3,(H,25,29). The number of nitrogens with one attached hydrogen (secondary N) is 1. The fraction of sp³-hybridized carbons (Fsp3) is 0.130. The van der Waals surface area contributed by atoms with E-state index in [0.29, 0.717) is 24.3 Å². The highest BCUT2D eigenvalue weighted by Gasteiger charge is 2.21. The minimum absolute atomic E-state index is 0.272. The van der Waals surface area contributed by atoms with Crippen molar-refractivity contribution in [2.75, 3.05) is 13.7 Å². The molecule has 2 aromatic heterocycles. The summed E-state index contributed by atoms with van der Waals surface area (Å²) in [5.74, 6) is 0.556. The largest absolute Gasteiger partial charge is 0.496 e. The summed E-state index contributed by atoms with van der Waals surface area (Å²) in [5.41, 5.74) is 1.64. The van der Waals surface area contributed by atoms with Crippen LogP contribution in [0.4, 0.5) is 4.39 Å². The van der Waals surface area contributed by atoms with Crippen LogP contribution in [0.3, 0.4) is 0 Å². The number of aromatic nitrogens is 3. The van der Waals surface area contributed by atoms with Gasteiger partial charge in [0.2, 0.25) is 0 Å². The SMILES string of the molecule is COc1ccccc1CCNC(=O)c1cnn(-c2ccccc2F)c1-n1cccc1. The lowest BCUT2D eigenvalue weighted by molar-refractivity contribution is 0.0954. The van der Waals surface area contributed by atoms with Gasteiger partial charge in [-0.15, -0.1) is 0 Å². The van der Waals surface area contributed by atoms with Crippen molar-refractivity contribution in [2.45, 2.75) is 6.42 Å². The maximum atomic E-state index is 14.4. The summed E-state index contributed by atoms with van der Waals surface area (Å²) in [4.78, 5) is 12.9. The lowest BCUT2D eigenvalue weighted by atomic mass is 10.1. The molecular weight excluding hydrogens is 383 g/mol. The first-order valence-corrected chi connectivity index (χ1v) is 9.55. The summed E-state index contributed by atoms with van der Waals surface area (Å²) in [7, 11) is 1.62. The van der Waals surface area contributed by atoms with Gasteiger partial charge in [0, 0.05) is 18.9 Å². The maximum absolute atomic E-state index is 14.4. The van der Waals surface area contributed by atoms with Crippen LogP contribution in [0, 0.1) is 5.82 Å². The second-order valence-electron chi connectivity index (χ2n) is 6.65. The third kappa shape index (κ3) is 3.82. The van der Waals surface area contributed by atoms with Crippen molar-refractivity contribution < 1.29 is 13.9 Å². The molecule has 0 atom stereocenters. The van der Waals surface area contributed by atoms with E-state index in [1.54, 1.807) is 42.3 Å². The Balaban J connectivity index is 1.59. The van der Waals surface area contributed by atoms with Crippen LogP contribution in [0.1, 0.15) is 15.9 Å². The van der Waals surface area contributed by atoms with Crippen LogP contribution in [0.5, 0.6) is 5.75 Å². The highest BCUT2D eigenvalue weighted by Crippen LogP contribution is 2.22. The number of halogens is 1. The van der Waals surface area contributed by atoms with Gasteiger partial charge in [-0.25, -0.2) is 9.07 Å². The minimum atomic E-state index is -0.419. The Morgan fingerprint density at radius 1 is 1.07 bits per heavy atom. The lowest BCUT2D eigenvalue weighted by Gasteiger charge is -2.12. The van der Waals surface area contributed by atoms with Crippen LogP contribution < -0.4 is 10.1 Å². The second-order valence-corrected chi connectivity index (χ2v) is 6.65. The normalized spacial score (nSPS) is 10.7. The van der Waals surface area contributed by atoms with Crippen molar-refractivity contribution in [1.29, 1.82) is 0 Å². The number of ether oxygens (including phenoxy) is 1. The number of methoxy groups -OCH3 is 1. The third-order valence-electron chi connectivity index (χ3n) is 4.79. The molecule has 7 heteroatoms. The summed E-state index contributed by atoms with van der Waals surface area (Å²) in [5, 5.41) is 7.22. The molecule has 6 nitrogen and oxygen atoms in total. The van der Waals surface area contributed by atoms with Gasteiger partial charge in [0.15, 0.2) is 5.82 Å². The van der Waals surface area contributed by atoms with Gasteiger partial charge in [0.05, 0.1) is 13.3 Å².